The second-order valence-corrected chi connectivity index (χ2v) is 9.17. The van der Waals surface area contributed by atoms with Crippen molar-refractivity contribution in [2.45, 2.75) is 17.7 Å². The molecule has 2 aromatic carbocycles. The molecule has 31 heavy (non-hydrogen) atoms. The molecule has 9 heteroatoms. The van der Waals surface area contributed by atoms with Crippen molar-refractivity contribution in [3.8, 4) is 11.4 Å². The van der Waals surface area contributed by atoms with Crippen molar-refractivity contribution in [1.29, 1.82) is 0 Å². The summed E-state index contributed by atoms with van der Waals surface area (Å²) in [5.41, 5.74) is 1.36. The first-order valence-corrected chi connectivity index (χ1v) is 11.3. The van der Waals surface area contributed by atoms with Crippen molar-refractivity contribution in [3.05, 3.63) is 72.8 Å². The molecule has 1 aromatic heterocycles. The number of nitrogens with one attached hydrogen (secondary N) is 1. The number of rotatable bonds is 5. The highest BCUT2D eigenvalue weighted by molar-refractivity contribution is 7.89. The van der Waals surface area contributed by atoms with Crippen LogP contribution in [0.4, 0.5) is 10.1 Å². The van der Waals surface area contributed by atoms with Crippen LogP contribution in [0.3, 0.4) is 0 Å². The number of benzene rings is 2. The number of nitrogens with zero attached hydrogens (tertiary/aromatic N) is 3. The average molecular weight is 441 g/mol. The summed E-state index contributed by atoms with van der Waals surface area (Å²) in [6.45, 7) is 0.302. The Bertz CT molecular complexity index is 1160. The van der Waals surface area contributed by atoms with Gasteiger partial charge in [-0.2, -0.15) is 4.31 Å². The number of hydrogen-bond donors (Lipinski definition) is 1. The van der Waals surface area contributed by atoms with Crippen LogP contribution in [0, 0.1) is 11.7 Å². The molecule has 0 unspecified atom stereocenters. The van der Waals surface area contributed by atoms with Crippen LogP contribution in [0.15, 0.2) is 71.9 Å². The van der Waals surface area contributed by atoms with Crippen LogP contribution < -0.4 is 5.32 Å². The topological polar surface area (TPSA) is 92.3 Å². The number of sulfonamides is 1. The molecule has 2 heterocycles. The van der Waals surface area contributed by atoms with E-state index in [0.29, 0.717) is 24.4 Å². The van der Waals surface area contributed by atoms with Crippen molar-refractivity contribution in [1.82, 2.24) is 14.3 Å². The Labute approximate surface area is 180 Å². The van der Waals surface area contributed by atoms with Crippen LogP contribution in [0.5, 0.6) is 0 Å². The van der Waals surface area contributed by atoms with Crippen molar-refractivity contribution in [2.24, 2.45) is 5.92 Å². The van der Waals surface area contributed by atoms with E-state index in [1.54, 1.807) is 12.4 Å². The molecule has 1 aliphatic heterocycles. The largest absolute Gasteiger partial charge is 0.323 e. The molecule has 1 fully saturated rings. The van der Waals surface area contributed by atoms with Crippen molar-refractivity contribution >= 4 is 21.6 Å². The first kappa shape index (κ1) is 21.1. The average Bonchev–Trinajstić information content (AvgIpc) is 2.80. The fraction of sp³-hybridized carbons (Fsp3) is 0.227. The Morgan fingerprint density at radius 2 is 1.58 bits per heavy atom. The Hall–Kier alpha value is -3.17. The summed E-state index contributed by atoms with van der Waals surface area (Å²) < 4.78 is 40.6. The van der Waals surface area contributed by atoms with Gasteiger partial charge < -0.3 is 5.32 Å². The van der Waals surface area contributed by atoms with Crippen molar-refractivity contribution in [2.75, 3.05) is 18.4 Å². The van der Waals surface area contributed by atoms with E-state index in [1.807, 2.05) is 30.3 Å². The van der Waals surface area contributed by atoms with Gasteiger partial charge in [0.1, 0.15) is 10.7 Å². The summed E-state index contributed by atoms with van der Waals surface area (Å²) in [5.74, 6) is -0.772. The van der Waals surface area contributed by atoms with Gasteiger partial charge in [-0.25, -0.2) is 22.8 Å². The van der Waals surface area contributed by atoms with Gasteiger partial charge in [-0.05, 0) is 25.0 Å². The third kappa shape index (κ3) is 4.62. The first-order chi connectivity index (χ1) is 14.9. The molecule has 160 valence electrons. The predicted octanol–water partition coefficient (Wildman–Crippen LogP) is 3.32. The van der Waals surface area contributed by atoms with Crippen molar-refractivity contribution in [3.63, 3.8) is 0 Å². The summed E-state index contributed by atoms with van der Waals surface area (Å²) in [6, 6.07) is 14.8. The molecule has 0 saturated carbocycles. The number of hydrogen-bond acceptors (Lipinski definition) is 5. The number of aromatic nitrogens is 2. The Morgan fingerprint density at radius 3 is 2.23 bits per heavy atom. The summed E-state index contributed by atoms with van der Waals surface area (Å²) in [7, 11) is -3.93. The molecule has 0 spiro atoms. The van der Waals surface area contributed by atoms with Gasteiger partial charge in [-0.3, -0.25) is 4.79 Å². The van der Waals surface area contributed by atoms with Crippen LogP contribution in [0.2, 0.25) is 0 Å². The minimum absolute atomic E-state index is 0.151. The van der Waals surface area contributed by atoms with E-state index in [2.05, 4.69) is 15.3 Å². The molecule has 0 aliphatic carbocycles. The standard InChI is InChI=1S/C22H21FN4O3S/c23-19-8-4-5-9-20(19)31(29,30)27-12-10-17(11-13-27)22(28)26-18-14-24-21(25-15-18)16-6-2-1-3-7-16/h1-9,14-15,17H,10-13H2,(H,26,28). The third-order valence-electron chi connectivity index (χ3n) is 5.23. The lowest BCUT2D eigenvalue weighted by atomic mass is 9.97. The lowest BCUT2D eigenvalue weighted by molar-refractivity contribution is -0.120. The molecular weight excluding hydrogens is 419 g/mol. The number of amides is 1. The van der Waals surface area contributed by atoms with Gasteiger partial charge in [0.05, 0.1) is 18.1 Å². The zero-order valence-corrected chi connectivity index (χ0v) is 17.4. The van der Waals surface area contributed by atoms with Crippen molar-refractivity contribution < 1.29 is 17.6 Å². The first-order valence-electron chi connectivity index (χ1n) is 9.88. The highest BCUT2D eigenvalue weighted by Crippen LogP contribution is 2.26. The van der Waals surface area contributed by atoms with Crippen LogP contribution in [-0.4, -0.2) is 41.7 Å². The maximum Gasteiger partial charge on any atom is 0.245 e. The molecule has 0 atom stereocenters. The normalized spacial score (nSPS) is 15.5. The third-order valence-corrected chi connectivity index (χ3v) is 7.16. The van der Waals surface area contributed by atoms with Gasteiger partial charge in [0.25, 0.3) is 0 Å². The Morgan fingerprint density at radius 1 is 0.968 bits per heavy atom. The van der Waals surface area contributed by atoms with E-state index in [9.17, 15) is 17.6 Å². The maximum atomic E-state index is 13.9. The SMILES string of the molecule is O=C(Nc1cnc(-c2ccccc2)nc1)C1CCN(S(=O)(=O)c2ccccc2F)CC1. The van der Waals surface area contributed by atoms with E-state index < -0.39 is 15.8 Å². The molecule has 1 aliphatic rings. The van der Waals surface area contributed by atoms with Crippen LogP contribution in [-0.2, 0) is 14.8 Å². The second kappa shape index (κ2) is 8.91. The second-order valence-electron chi connectivity index (χ2n) is 7.26. The van der Waals surface area contributed by atoms with Gasteiger partial charge in [-0.1, -0.05) is 42.5 Å². The Balaban J connectivity index is 1.36. The quantitative estimate of drug-likeness (QED) is 0.657. The smallest absolute Gasteiger partial charge is 0.245 e. The molecule has 1 amide bonds. The molecule has 1 saturated heterocycles. The minimum Gasteiger partial charge on any atom is -0.323 e. The van der Waals surface area contributed by atoms with Crippen LogP contribution in [0.1, 0.15) is 12.8 Å². The lowest BCUT2D eigenvalue weighted by Crippen LogP contribution is -2.41. The Kier molecular flexibility index (Phi) is 6.06. The van der Waals surface area contributed by atoms with Crippen LogP contribution >= 0.6 is 0 Å². The lowest BCUT2D eigenvalue weighted by Gasteiger charge is -2.30. The molecule has 7 nitrogen and oxygen atoms in total. The molecule has 0 bridgehead atoms. The van der Waals surface area contributed by atoms with Gasteiger partial charge in [0, 0.05) is 24.6 Å². The molecule has 0 radical (unpaired) electrons. The van der Waals surface area contributed by atoms with E-state index in [1.165, 1.54) is 22.5 Å². The zero-order valence-electron chi connectivity index (χ0n) is 16.6. The maximum absolute atomic E-state index is 13.9. The summed E-state index contributed by atoms with van der Waals surface area (Å²) >= 11 is 0. The molecule has 1 N–H and O–H groups in total. The van der Waals surface area contributed by atoms with Gasteiger partial charge in [0.15, 0.2) is 5.82 Å². The van der Waals surface area contributed by atoms with E-state index in [-0.39, 0.29) is 29.8 Å². The number of carbonyl (C=O) groups is 1. The fourth-order valence-electron chi connectivity index (χ4n) is 3.52. The van der Waals surface area contributed by atoms with E-state index in [0.717, 1.165) is 11.6 Å². The molecule has 3 aromatic rings. The van der Waals surface area contributed by atoms with E-state index >= 15 is 0 Å². The summed E-state index contributed by atoms with van der Waals surface area (Å²) in [6.07, 6.45) is 3.79. The van der Waals surface area contributed by atoms with Gasteiger partial charge in [0.2, 0.25) is 15.9 Å². The van der Waals surface area contributed by atoms with Crippen LogP contribution in [0.25, 0.3) is 11.4 Å². The monoisotopic (exact) mass is 440 g/mol. The fourth-order valence-corrected chi connectivity index (χ4v) is 5.06. The highest BCUT2D eigenvalue weighted by Gasteiger charge is 2.33. The zero-order chi connectivity index (χ0) is 21.8. The molecular formula is C22H21FN4O3S. The number of carbonyl (C=O) groups excluding carboxylic acids is 1. The summed E-state index contributed by atoms with van der Waals surface area (Å²) in [4.78, 5) is 20.8. The number of anilines is 1. The predicted molar refractivity (Wildman–Crippen MR) is 114 cm³/mol. The van der Waals surface area contributed by atoms with E-state index in [4.69, 9.17) is 0 Å². The number of piperidine rings is 1. The number of halogens is 1. The minimum atomic E-state index is -3.93. The highest BCUT2D eigenvalue weighted by atomic mass is 32.2. The summed E-state index contributed by atoms with van der Waals surface area (Å²) in [5, 5.41) is 2.79. The molecule has 4 rings (SSSR count). The van der Waals surface area contributed by atoms with Gasteiger partial charge >= 0.3 is 0 Å². The van der Waals surface area contributed by atoms with Gasteiger partial charge in [-0.15, -0.1) is 0 Å².